The minimum atomic E-state index is 0.681. The highest BCUT2D eigenvalue weighted by atomic mass is 16.3. The number of furan rings is 1. The van der Waals surface area contributed by atoms with Gasteiger partial charge in [0.15, 0.2) is 0 Å². The van der Waals surface area contributed by atoms with Crippen LogP contribution in [-0.4, -0.2) is 49.6 Å². The quantitative estimate of drug-likeness (QED) is 0.783. The standard InChI is InChI=1S/C17H31N3O/c1-5-8-18-11-15-10-17(21-14(15)2)13-20-9-6-7-16(12-20)19(3)4/h10,16,18H,5-9,11-13H2,1-4H3. The molecule has 0 saturated carbocycles. The zero-order valence-corrected chi connectivity index (χ0v) is 14.1. The van der Waals surface area contributed by atoms with Crippen molar-refractivity contribution in [2.75, 3.05) is 33.7 Å². The van der Waals surface area contributed by atoms with Crippen LogP contribution in [0.3, 0.4) is 0 Å². The Hall–Kier alpha value is -0.840. The molecule has 4 heteroatoms. The van der Waals surface area contributed by atoms with Crippen molar-refractivity contribution in [2.45, 2.75) is 52.2 Å². The molecule has 0 spiro atoms. The average molecular weight is 293 g/mol. The van der Waals surface area contributed by atoms with Gasteiger partial charge >= 0.3 is 0 Å². The van der Waals surface area contributed by atoms with Gasteiger partial charge in [-0.05, 0) is 59.4 Å². The molecule has 0 amide bonds. The van der Waals surface area contributed by atoms with Crippen LogP contribution in [0.1, 0.15) is 43.3 Å². The van der Waals surface area contributed by atoms with Crippen molar-refractivity contribution in [2.24, 2.45) is 0 Å². The van der Waals surface area contributed by atoms with Crippen LogP contribution in [-0.2, 0) is 13.1 Å². The van der Waals surface area contributed by atoms with Gasteiger partial charge in [0.1, 0.15) is 11.5 Å². The van der Waals surface area contributed by atoms with Gasteiger partial charge in [0.2, 0.25) is 0 Å². The summed E-state index contributed by atoms with van der Waals surface area (Å²) >= 11 is 0. The van der Waals surface area contributed by atoms with Crippen LogP contribution in [0.25, 0.3) is 0 Å². The summed E-state index contributed by atoms with van der Waals surface area (Å²) in [6, 6.07) is 2.91. The molecule has 4 nitrogen and oxygen atoms in total. The number of likely N-dealkylation sites (N-methyl/N-ethyl adjacent to an activating group) is 1. The van der Waals surface area contributed by atoms with Gasteiger partial charge in [-0.3, -0.25) is 4.90 Å². The Morgan fingerprint density at radius 2 is 2.24 bits per heavy atom. The van der Waals surface area contributed by atoms with Crippen molar-refractivity contribution in [1.29, 1.82) is 0 Å². The second-order valence-corrected chi connectivity index (χ2v) is 6.47. The fourth-order valence-corrected chi connectivity index (χ4v) is 3.06. The van der Waals surface area contributed by atoms with E-state index >= 15 is 0 Å². The molecule has 0 aromatic carbocycles. The number of rotatable bonds is 7. The van der Waals surface area contributed by atoms with Gasteiger partial charge < -0.3 is 14.6 Å². The Balaban J connectivity index is 1.89. The first kappa shape index (κ1) is 16.5. The molecule has 1 unspecified atom stereocenters. The fourth-order valence-electron chi connectivity index (χ4n) is 3.06. The number of nitrogens with zero attached hydrogens (tertiary/aromatic N) is 2. The Kier molecular flexibility index (Phi) is 6.27. The first-order valence-corrected chi connectivity index (χ1v) is 8.27. The van der Waals surface area contributed by atoms with E-state index in [4.69, 9.17) is 4.42 Å². The highest BCUT2D eigenvalue weighted by Gasteiger charge is 2.22. The smallest absolute Gasteiger partial charge is 0.118 e. The van der Waals surface area contributed by atoms with Gasteiger partial charge in [0.05, 0.1) is 6.54 Å². The molecule has 0 radical (unpaired) electrons. The normalized spacial score (nSPS) is 20.3. The number of aryl methyl sites for hydroxylation is 1. The molecular formula is C17H31N3O. The lowest BCUT2D eigenvalue weighted by atomic mass is 10.0. The topological polar surface area (TPSA) is 31.6 Å². The Morgan fingerprint density at radius 1 is 1.43 bits per heavy atom. The minimum absolute atomic E-state index is 0.681. The highest BCUT2D eigenvalue weighted by Crippen LogP contribution is 2.20. The summed E-state index contributed by atoms with van der Waals surface area (Å²) in [5, 5.41) is 3.45. The van der Waals surface area contributed by atoms with Gasteiger partial charge in [0, 0.05) is 24.7 Å². The first-order chi connectivity index (χ1) is 10.1. The Morgan fingerprint density at radius 3 is 2.95 bits per heavy atom. The van der Waals surface area contributed by atoms with Crippen molar-refractivity contribution in [3.8, 4) is 0 Å². The van der Waals surface area contributed by atoms with Gasteiger partial charge in [-0.1, -0.05) is 6.92 Å². The van der Waals surface area contributed by atoms with E-state index in [9.17, 15) is 0 Å². The van der Waals surface area contributed by atoms with Crippen LogP contribution >= 0.6 is 0 Å². The van der Waals surface area contributed by atoms with E-state index in [0.717, 1.165) is 37.7 Å². The summed E-state index contributed by atoms with van der Waals surface area (Å²) < 4.78 is 5.95. The summed E-state index contributed by atoms with van der Waals surface area (Å²) in [6.07, 6.45) is 3.77. The molecule has 2 heterocycles. The van der Waals surface area contributed by atoms with E-state index in [0.29, 0.717) is 6.04 Å². The SMILES string of the molecule is CCCNCc1cc(CN2CCCC(N(C)C)C2)oc1C. The summed E-state index contributed by atoms with van der Waals surface area (Å²) in [5.41, 5.74) is 1.31. The average Bonchev–Trinajstić information content (AvgIpc) is 2.79. The van der Waals surface area contributed by atoms with Gasteiger partial charge in [-0.15, -0.1) is 0 Å². The number of likely N-dealkylation sites (tertiary alicyclic amines) is 1. The maximum atomic E-state index is 5.95. The summed E-state index contributed by atoms with van der Waals surface area (Å²) in [4.78, 5) is 4.87. The van der Waals surface area contributed by atoms with Crippen LogP contribution in [0, 0.1) is 6.92 Å². The van der Waals surface area contributed by atoms with Crippen molar-refractivity contribution in [1.82, 2.24) is 15.1 Å². The van der Waals surface area contributed by atoms with E-state index < -0.39 is 0 Å². The molecule has 1 fully saturated rings. The van der Waals surface area contributed by atoms with Crippen LogP contribution in [0.4, 0.5) is 0 Å². The lowest BCUT2D eigenvalue weighted by molar-refractivity contribution is 0.121. The first-order valence-electron chi connectivity index (χ1n) is 8.27. The molecule has 1 aromatic heterocycles. The van der Waals surface area contributed by atoms with Crippen LogP contribution < -0.4 is 5.32 Å². The summed E-state index contributed by atoms with van der Waals surface area (Å²) in [7, 11) is 4.37. The van der Waals surface area contributed by atoms with E-state index in [1.165, 1.54) is 31.4 Å². The number of hydrogen-bond donors (Lipinski definition) is 1. The van der Waals surface area contributed by atoms with Gasteiger partial charge in [-0.2, -0.15) is 0 Å². The third-order valence-electron chi connectivity index (χ3n) is 4.40. The molecule has 0 aliphatic carbocycles. The van der Waals surface area contributed by atoms with E-state index in [2.05, 4.69) is 49.1 Å². The summed E-state index contributed by atoms with van der Waals surface area (Å²) in [6.45, 7) is 9.53. The molecule has 120 valence electrons. The maximum absolute atomic E-state index is 5.95. The molecule has 1 aliphatic heterocycles. The fraction of sp³-hybridized carbons (Fsp3) is 0.765. The van der Waals surface area contributed by atoms with Crippen molar-refractivity contribution < 1.29 is 4.42 Å². The van der Waals surface area contributed by atoms with Crippen molar-refractivity contribution >= 4 is 0 Å². The maximum Gasteiger partial charge on any atom is 0.118 e. The summed E-state index contributed by atoms with van der Waals surface area (Å²) in [5.74, 6) is 2.18. The lowest BCUT2D eigenvalue weighted by Gasteiger charge is -2.35. The Labute approximate surface area is 129 Å². The third kappa shape index (κ3) is 4.83. The molecule has 1 atom stereocenters. The molecule has 0 bridgehead atoms. The molecule has 1 N–H and O–H groups in total. The number of piperidine rings is 1. The largest absolute Gasteiger partial charge is 0.465 e. The minimum Gasteiger partial charge on any atom is -0.465 e. The van der Waals surface area contributed by atoms with Crippen molar-refractivity contribution in [3.63, 3.8) is 0 Å². The molecule has 1 aliphatic rings. The lowest BCUT2D eigenvalue weighted by Crippen LogP contribution is -2.44. The predicted molar refractivity (Wildman–Crippen MR) is 87.4 cm³/mol. The number of hydrogen-bond acceptors (Lipinski definition) is 4. The van der Waals surface area contributed by atoms with E-state index in [1.54, 1.807) is 0 Å². The van der Waals surface area contributed by atoms with Crippen LogP contribution in [0.15, 0.2) is 10.5 Å². The van der Waals surface area contributed by atoms with Gasteiger partial charge in [0.25, 0.3) is 0 Å². The van der Waals surface area contributed by atoms with Crippen molar-refractivity contribution in [3.05, 3.63) is 23.2 Å². The van der Waals surface area contributed by atoms with E-state index in [1.807, 2.05) is 0 Å². The van der Waals surface area contributed by atoms with Crippen LogP contribution in [0.2, 0.25) is 0 Å². The highest BCUT2D eigenvalue weighted by molar-refractivity contribution is 5.20. The predicted octanol–water partition coefficient (Wildman–Crippen LogP) is 2.61. The molecule has 21 heavy (non-hydrogen) atoms. The number of nitrogens with one attached hydrogen (secondary N) is 1. The Bertz CT molecular complexity index is 428. The second-order valence-electron chi connectivity index (χ2n) is 6.47. The van der Waals surface area contributed by atoms with E-state index in [-0.39, 0.29) is 0 Å². The molecule has 2 rings (SSSR count). The zero-order valence-electron chi connectivity index (χ0n) is 14.1. The van der Waals surface area contributed by atoms with Gasteiger partial charge in [-0.25, -0.2) is 0 Å². The second kappa shape index (κ2) is 7.97. The third-order valence-corrected chi connectivity index (χ3v) is 4.40. The zero-order chi connectivity index (χ0) is 15.2. The monoisotopic (exact) mass is 293 g/mol. The molecule has 1 saturated heterocycles. The molecular weight excluding hydrogens is 262 g/mol. The molecule has 1 aromatic rings. The van der Waals surface area contributed by atoms with Crippen LogP contribution in [0.5, 0.6) is 0 Å².